The molecule has 2 N–H and O–H groups in total. The highest BCUT2D eigenvalue weighted by Crippen LogP contribution is 2.16. The average Bonchev–Trinajstić information content (AvgIpc) is 3.03. The van der Waals surface area contributed by atoms with E-state index in [9.17, 15) is 8.78 Å². The van der Waals surface area contributed by atoms with Crippen molar-refractivity contribution in [3.8, 4) is 0 Å². The van der Waals surface area contributed by atoms with Crippen molar-refractivity contribution < 1.29 is 8.78 Å². The Kier molecular flexibility index (Phi) is 9.20. The molecule has 132 valence electrons. The molecule has 3 nitrogen and oxygen atoms in total. The highest BCUT2D eigenvalue weighted by atomic mass is 127. The van der Waals surface area contributed by atoms with Gasteiger partial charge in [-0.1, -0.05) is 6.92 Å². The van der Waals surface area contributed by atoms with E-state index >= 15 is 0 Å². The number of thiophene rings is 1. The molecule has 7 heteroatoms. The highest BCUT2D eigenvalue weighted by Gasteiger charge is 2.07. The molecular weight excluding hydrogens is 443 g/mol. The van der Waals surface area contributed by atoms with Crippen LogP contribution in [-0.2, 0) is 6.42 Å². The van der Waals surface area contributed by atoms with Gasteiger partial charge in [0.25, 0.3) is 0 Å². The minimum Gasteiger partial charge on any atom is -0.356 e. The number of halogens is 3. The summed E-state index contributed by atoms with van der Waals surface area (Å²) >= 11 is 1.69. The Morgan fingerprint density at radius 1 is 1.21 bits per heavy atom. The molecule has 1 aromatic heterocycles. The SMILES string of the molecule is CN=C(NCCc1cc(F)cc(F)c1)NCC(C)c1ccsc1.I. The van der Waals surface area contributed by atoms with Gasteiger partial charge in [-0.05, 0) is 52.4 Å². The van der Waals surface area contributed by atoms with Crippen LogP contribution < -0.4 is 10.6 Å². The van der Waals surface area contributed by atoms with Crippen molar-refractivity contribution in [3.63, 3.8) is 0 Å². The molecule has 0 spiro atoms. The minimum atomic E-state index is -0.549. The van der Waals surface area contributed by atoms with Crippen LogP contribution in [0.5, 0.6) is 0 Å². The van der Waals surface area contributed by atoms with Crippen LogP contribution in [0, 0.1) is 11.6 Å². The Labute approximate surface area is 162 Å². The number of aliphatic imine (C=N–C) groups is 1. The van der Waals surface area contributed by atoms with Crippen LogP contribution in [0.15, 0.2) is 40.0 Å². The maximum atomic E-state index is 13.1. The van der Waals surface area contributed by atoms with E-state index in [2.05, 4.69) is 39.4 Å². The molecule has 0 radical (unpaired) electrons. The summed E-state index contributed by atoms with van der Waals surface area (Å²) in [6.07, 6.45) is 0.523. The number of rotatable bonds is 6. The van der Waals surface area contributed by atoms with Crippen molar-refractivity contribution in [1.82, 2.24) is 10.6 Å². The Hall–Kier alpha value is -1.22. The fourth-order valence-electron chi connectivity index (χ4n) is 2.22. The van der Waals surface area contributed by atoms with Crippen molar-refractivity contribution in [2.24, 2.45) is 4.99 Å². The summed E-state index contributed by atoms with van der Waals surface area (Å²) in [5.41, 5.74) is 1.92. The van der Waals surface area contributed by atoms with E-state index in [-0.39, 0.29) is 24.0 Å². The van der Waals surface area contributed by atoms with Gasteiger partial charge in [0.2, 0.25) is 0 Å². The van der Waals surface area contributed by atoms with Crippen molar-refractivity contribution in [1.29, 1.82) is 0 Å². The third-order valence-electron chi connectivity index (χ3n) is 3.54. The normalized spacial score (nSPS) is 12.4. The van der Waals surface area contributed by atoms with E-state index in [0.29, 0.717) is 30.4 Å². The summed E-state index contributed by atoms with van der Waals surface area (Å²) in [6.45, 7) is 3.47. The largest absolute Gasteiger partial charge is 0.356 e. The van der Waals surface area contributed by atoms with Crippen LogP contribution in [0.25, 0.3) is 0 Å². The van der Waals surface area contributed by atoms with Crippen LogP contribution in [0.4, 0.5) is 8.78 Å². The zero-order chi connectivity index (χ0) is 16.7. The van der Waals surface area contributed by atoms with Crippen LogP contribution in [-0.4, -0.2) is 26.1 Å². The van der Waals surface area contributed by atoms with E-state index in [4.69, 9.17) is 0 Å². The van der Waals surface area contributed by atoms with Crippen molar-refractivity contribution in [2.75, 3.05) is 20.1 Å². The predicted octanol–water partition coefficient (Wildman–Crippen LogP) is 4.16. The number of nitrogens with zero attached hydrogens (tertiary/aromatic N) is 1. The number of nitrogens with one attached hydrogen (secondary N) is 2. The lowest BCUT2D eigenvalue weighted by molar-refractivity contribution is 0.579. The second-order valence-corrected chi connectivity index (χ2v) is 6.15. The summed E-state index contributed by atoms with van der Waals surface area (Å²) in [5, 5.41) is 10.6. The monoisotopic (exact) mass is 465 g/mol. The van der Waals surface area contributed by atoms with Crippen molar-refractivity contribution >= 4 is 41.3 Å². The molecule has 0 bridgehead atoms. The Balaban J connectivity index is 0.00000288. The summed E-state index contributed by atoms with van der Waals surface area (Å²) < 4.78 is 26.3. The zero-order valence-corrected chi connectivity index (χ0v) is 16.8. The van der Waals surface area contributed by atoms with E-state index in [1.54, 1.807) is 18.4 Å². The van der Waals surface area contributed by atoms with Gasteiger partial charge in [0.1, 0.15) is 11.6 Å². The third-order valence-corrected chi connectivity index (χ3v) is 4.24. The topological polar surface area (TPSA) is 36.4 Å². The second kappa shape index (κ2) is 10.6. The predicted molar refractivity (Wildman–Crippen MR) is 108 cm³/mol. The van der Waals surface area contributed by atoms with Gasteiger partial charge in [-0.15, -0.1) is 24.0 Å². The molecule has 2 aromatic rings. The first kappa shape index (κ1) is 20.8. The molecular formula is C17H22F2IN3S. The molecule has 24 heavy (non-hydrogen) atoms. The standard InChI is InChI=1S/C17H21F2N3S.HI/c1-12(14-4-6-23-11-14)10-22-17(20-2)21-5-3-13-7-15(18)9-16(19)8-13;/h4,6-9,11-12H,3,5,10H2,1-2H3,(H2,20,21,22);1H. The smallest absolute Gasteiger partial charge is 0.191 e. The van der Waals surface area contributed by atoms with Crippen LogP contribution in [0.1, 0.15) is 24.0 Å². The van der Waals surface area contributed by atoms with Gasteiger partial charge in [0.15, 0.2) is 5.96 Å². The fourth-order valence-corrected chi connectivity index (χ4v) is 3.01. The molecule has 0 aliphatic rings. The molecule has 2 rings (SSSR count). The van der Waals surface area contributed by atoms with Gasteiger partial charge in [0, 0.05) is 26.2 Å². The second-order valence-electron chi connectivity index (χ2n) is 5.37. The van der Waals surface area contributed by atoms with E-state index in [0.717, 1.165) is 12.6 Å². The maximum absolute atomic E-state index is 13.1. The number of benzene rings is 1. The minimum absolute atomic E-state index is 0. The number of hydrogen-bond donors (Lipinski definition) is 2. The van der Waals surface area contributed by atoms with Crippen molar-refractivity contribution in [2.45, 2.75) is 19.3 Å². The molecule has 0 aliphatic heterocycles. The molecule has 1 heterocycles. The highest BCUT2D eigenvalue weighted by molar-refractivity contribution is 14.0. The van der Waals surface area contributed by atoms with Gasteiger partial charge in [-0.25, -0.2) is 8.78 Å². The van der Waals surface area contributed by atoms with Crippen LogP contribution in [0.3, 0.4) is 0 Å². The van der Waals surface area contributed by atoms with E-state index < -0.39 is 11.6 Å². The summed E-state index contributed by atoms with van der Waals surface area (Å²) in [6, 6.07) is 5.69. The van der Waals surface area contributed by atoms with Crippen LogP contribution >= 0.6 is 35.3 Å². The number of hydrogen-bond acceptors (Lipinski definition) is 2. The first-order chi connectivity index (χ1) is 11.1. The van der Waals surface area contributed by atoms with Gasteiger partial charge < -0.3 is 10.6 Å². The first-order valence-corrected chi connectivity index (χ1v) is 8.44. The Bertz CT molecular complexity index is 627. The fraction of sp³-hybridized carbons (Fsp3) is 0.353. The lowest BCUT2D eigenvalue weighted by Gasteiger charge is -2.15. The molecule has 0 aliphatic carbocycles. The molecule has 0 fully saturated rings. The molecule has 0 amide bonds. The number of guanidine groups is 1. The quantitative estimate of drug-likeness (QED) is 0.382. The van der Waals surface area contributed by atoms with Gasteiger partial charge in [0.05, 0.1) is 0 Å². The van der Waals surface area contributed by atoms with Gasteiger partial charge >= 0.3 is 0 Å². The molecule has 1 unspecified atom stereocenters. The van der Waals surface area contributed by atoms with Gasteiger partial charge in [-0.3, -0.25) is 4.99 Å². The Morgan fingerprint density at radius 3 is 2.50 bits per heavy atom. The zero-order valence-electron chi connectivity index (χ0n) is 13.7. The summed E-state index contributed by atoms with van der Waals surface area (Å²) in [5.74, 6) is -0.0275. The third kappa shape index (κ3) is 6.72. The molecule has 0 saturated heterocycles. The Morgan fingerprint density at radius 2 is 1.92 bits per heavy atom. The lowest BCUT2D eigenvalue weighted by atomic mass is 10.1. The summed E-state index contributed by atoms with van der Waals surface area (Å²) in [4.78, 5) is 4.16. The molecule has 1 atom stereocenters. The van der Waals surface area contributed by atoms with E-state index in [1.165, 1.54) is 17.7 Å². The lowest BCUT2D eigenvalue weighted by Crippen LogP contribution is -2.39. The van der Waals surface area contributed by atoms with Gasteiger partial charge in [-0.2, -0.15) is 11.3 Å². The summed E-state index contributed by atoms with van der Waals surface area (Å²) in [7, 11) is 1.70. The van der Waals surface area contributed by atoms with Crippen LogP contribution in [0.2, 0.25) is 0 Å². The average molecular weight is 465 g/mol. The van der Waals surface area contributed by atoms with E-state index in [1.807, 2.05) is 0 Å². The molecule has 1 aromatic carbocycles. The molecule has 0 saturated carbocycles. The maximum Gasteiger partial charge on any atom is 0.191 e. The first-order valence-electron chi connectivity index (χ1n) is 7.50. The van der Waals surface area contributed by atoms with Crippen molar-refractivity contribution in [3.05, 3.63) is 57.8 Å².